The third-order valence-corrected chi connectivity index (χ3v) is 5.65. The number of aromatic nitrogens is 2. The van der Waals surface area contributed by atoms with Crippen molar-refractivity contribution in [2.75, 3.05) is 43.6 Å². The van der Waals surface area contributed by atoms with E-state index in [1.807, 2.05) is 12.1 Å². The number of pyridine rings is 2. The number of alkyl halides is 3. The van der Waals surface area contributed by atoms with Crippen LogP contribution in [-0.4, -0.2) is 49.3 Å². The maximum atomic E-state index is 15.9. The lowest BCUT2D eigenvalue weighted by Gasteiger charge is -2.31. The molecule has 0 aliphatic carbocycles. The number of nitrogens with two attached hydrogens (primary N) is 1. The predicted molar refractivity (Wildman–Crippen MR) is 124 cm³/mol. The van der Waals surface area contributed by atoms with Crippen molar-refractivity contribution in [3.63, 3.8) is 0 Å². The number of methoxy groups -OCH3 is 1. The topological polar surface area (TPSA) is 103 Å². The van der Waals surface area contributed by atoms with Crippen molar-refractivity contribution in [2.45, 2.75) is 12.7 Å². The first-order chi connectivity index (χ1) is 17.2. The van der Waals surface area contributed by atoms with Gasteiger partial charge in [-0.05, 0) is 29.8 Å². The number of rotatable bonds is 7. The van der Waals surface area contributed by atoms with Crippen LogP contribution in [-0.2, 0) is 17.5 Å². The SMILES string of the molecule is COc1ccc(CNc2ncc(-c3ccc(C(F)(F)F)nc3C(N)=O)c(N3CCOCC3)c2F)cc1. The molecule has 1 saturated heterocycles. The van der Waals surface area contributed by atoms with Crippen LogP contribution < -0.4 is 20.7 Å². The van der Waals surface area contributed by atoms with Crippen molar-refractivity contribution in [3.8, 4) is 16.9 Å². The Hall–Kier alpha value is -3.93. The van der Waals surface area contributed by atoms with Gasteiger partial charge in [-0.25, -0.2) is 14.4 Å². The average Bonchev–Trinajstić information content (AvgIpc) is 2.87. The number of carbonyl (C=O) groups is 1. The monoisotopic (exact) mass is 505 g/mol. The number of primary amides is 1. The second-order valence-corrected chi connectivity index (χ2v) is 7.94. The summed E-state index contributed by atoms with van der Waals surface area (Å²) in [6, 6.07) is 8.94. The van der Waals surface area contributed by atoms with E-state index in [1.165, 1.54) is 6.20 Å². The molecule has 1 fully saturated rings. The van der Waals surface area contributed by atoms with Crippen LogP contribution in [0.1, 0.15) is 21.7 Å². The number of ether oxygens (including phenoxy) is 2. The maximum absolute atomic E-state index is 15.9. The fourth-order valence-electron chi connectivity index (χ4n) is 3.85. The van der Waals surface area contributed by atoms with Crippen LogP contribution in [0.25, 0.3) is 11.1 Å². The van der Waals surface area contributed by atoms with Gasteiger partial charge in [0, 0.05) is 37.0 Å². The molecule has 0 saturated carbocycles. The smallest absolute Gasteiger partial charge is 0.433 e. The molecule has 0 unspecified atom stereocenters. The molecule has 190 valence electrons. The fraction of sp³-hybridized carbons (Fsp3) is 0.292. The second-order valence-electron chi connectivity index (χ2n) is 7.94. The Morgan fingerprint density at radius 2 is 1.83 bits per heavy atom. The summed E-state index contributed by atoms with van der Waals surface area (Å²) in [6.45, 7) is 1.55. The zero-order valence-electron chi connectivity index (χ0n) is 19.2. The molecule has 0 spiro atoms. The first-order valence-electron chi connectivity index (χ1n) is 11.0. The van der Waals surface area contributed by atoms with Gasteiger partial charge in [0.1, 0.15) is 17.1 Å². The maximum Gasteiger partial charge on any atom is 0.433 e. The predicted octanol–water partition coefficient (Wildman–Crippen LogP) is 3.86. The van der Waals surface area contributed by atoms with Gasteiger partial charge in [0.25, 0.3) is 5.91 Å². The summed E-state index contributed by atoms with van der Waals surface area (Å²) in [5.41, 5.74) is 4.41. The normalized spacial score (nSPS) is 14.0. The van der Waals surface area contributed by atoms with Gasteiger partial charge in [-0.3, -0.25) is 4.79 Å². The Kier molecular flexibility index (Phi) is 7.25. The van der Waals surface area contributed by atoms with Gasteiger partial charge in [-0.15, -0.1) is 0 Å². The minimum absolute atomic E-state index is 0.0508. The van der Waals surface area contributed by atoms with Crippen LogP contribution >= 0.6 is 0 Å². The van der Waals surface area contributed by atoms with Crippen molar-refractivity contribution in [3.05, 3.63) is 65.4 Å². The summed E-state index contributed by atoms with van der Waals surface area (Å²) in [5.74, 6) is -1.28. The minimum atomic E-state index is -4.78. The molecule has 8 nitrogen and oxygen atoms in total. The molecule has 1 aliphatic rings. The number of hydrogen-bond acceptors (Lipinski definition) is 7. The van der Waals surface area contributed by atoms with Gasteiger partial charge in [0.05, 0.1) is 26.0 Å². The van der Waals surface area contributed by atoms with E-state index in [-0.39, 0.29) is 29.2 Å². The van der Waals surface area contributed by atoms with E-state index in [0.29, 0.717) is 32.1 Å². The summed E-state index contributed by atoms with van der Waals surface area (Å²) >= 11 is 0. The highest BCUT2D eigenvalue weighted by Crippen LogP contribution is 2.38. The second kappa shape index (κ2) is 10.4. The molecule has 36 heavy (non-hydrogen) atoms. The van der Waals surface area contributed by atoms with E-state index in [0.717, 1.165) is 17.7 Å². The van der Waals surface area contributed by atoms with Crippen LogP contribution in [0.5, 0.6) is 5.75 Å². The lowest BCUT2D eigenvalue weighted by molar-refractivity contribution is -0.141. The fourth-order valence-corrected chi connectivity index (χ4v) is 3.85. The zero-order chi connectivity index (χ0) is 25.9. The molecule has 3 aromatic rings. The van der Waals surface area contributed by atoms with Crippen LogP contribution in [0.2, 0.25) is 0 Å². The summed E-state index contributed by atoms with van der Waals surface area (Å²) in [6.07, 6.45) is -3.49. The van der Waals surface area contributed by atoms with Crippen LogP contribution in [0.4, 0.5) is 29.1 Å². The molecule has 1 amide bonds. The van der Waals surface area contributed by atoms with Crippen molar-refractivity contribution in [2.24, 2.45) is 5.73 Å². The highest BCUT2D eigenvalue weighted by Gasteiger charge is 2.34. The molecule has 4 rings (SSSR count). The zero-order valence-corrected chi connectivity index (χ0v) is 19.2. The number of amides is 1. The Morgan fingerprint density at radius 3 is 2.44 bits per heavy atom. The van der Waals surface area contributed by atoms with E-state index in [1.54, 1.807) is 24.1 Å². The Bertz CT molecular complexity index is 1250. The number of hydrogen-bond donors (Lipinski definition) is 2. The Morgan fingerprint density at radius 1 is 1.14 bits per heavy atom. The van der Waals surface area contributed by atoms with Gasteiger partial charge >= 0.3 is 6.18 Å². The number of morpholine rings is 1. The van der Waals surface area contributed by atoms with E-state index in [2.05, 4.69) is 15.3 Å². The highest BCUT2D eigenvalue weighted by molar-refractivity contribution is 6.00. The molecule has 1 aliphatic heterocycles. The molecule has 1 aromatic carbocycles. The number of carbonyl (C=O) groups excluding carboxylic acids is 1. The van der Waals surface area contributed by atoms with Gasteiger partial charge in [0.2, 0.25) is 0 Å². The number of anilines is 2. The van der Waals surface area contributed by atoms with Gasteiger partial charge in [0.15, 0.2) is 11.6 Å². The summed E-state index contributed by atoms with van der Waals surface area (Å²) in [5, 5.41) is 2.95. The standard InChI is InChI=1S/C24H23F4N5O3/c1-35-15-4-2-14(3-5-15)12-30-23-19(25)21(33-8-10-36-11-9-33)17(13-31-23)16-6-7-18(24(26,27)28)32-20(16)22(29)34/h2-7,13H,8-12H2,1H3,(H2,29,34)(H,30,31). The largest absolute Gasteiger partial charge is 0.497 e. The summed E-state index contributed by atoms with van der Waals surface area (Å²) in [7, 11) is 1.55. The summed E-state index contributed by atoms with van der Waals surface area (Å²) < 4.78 is 66.0. The molecule has 2 aromatic heterocycles. The molecular weight excluding hydrogens is 482 g/mol. The van der Waals surface area contributed by atoms with Crippen molar-refractivity contribution in [1.82, 2.24) is 9.97 Å². The van der Waals surface area contributed by atoms with Crippen molar-refractivity contribution < 1.29 is 31.8 Å². The first-order valence-corrected chi connectivity index (χ1v) is 11.0. The minimum Gasteiger partial charge on any atom is -0.497 e. The molecule has 0 bridgehead atoms. The third-order valence-electron chi connectivity index (χ3n) is 5.65. The lowest BCUT2D eigenvalue weighted by atomic mass is 10.0. The molecule has 3 heterocycles. The number of nitrogens with zero attached hydrogens (tertiary/aromatic N) is 3. The van der Waals surface area contributed by atoms with Crippen LogP contribution in [0, 0.1) is 5.82 Å². The molecule has 0 radical (unpaired) electrons. The van der Waals surface area contributed by atoms with Gasteiger partial charge < -0.3 is 25.4 Å². The quantitative estimate of drug-likeness (QED) is 0.470. The number of benzene rings is 1. The highest BCUT2D eigenvalue weighted by atomic mass is 19.4. The Labute approximate surface area is 204 Å². The van der Waals surface area contributed by atoms with E-state index in [4.69, 9.17) is 15.2 Å². The molecular formula is C24H23F4N5O3. The van der Waals surface area contributed by atoms with Crippen LogP contribution in [0.3, 0.4) is 0 Å². The van der Waals surface area contributed by atoms with Crippen molar-refractivity contribution in [1.29, 1.82) is 0 Å². The van der Waals surface area contributed by atoms with E-state index >= 15 is 4.39 Å². The number of halogens is 4. The Balaban J connectivity index is 1.76. The third kappa shape index (κ3) is 5.33. The average molecular weight is 505 g/mol. The summed E-state index contributed by atoms with van der Waals surface area (Å²) in [4.78, 5) is 21.3. The van der Waals surface area contributed by atoms with E-state index < -0.39 is 29.3 Å². The first kappa shape index (κ1) is 25.2. The van der Waals surface area contributed by atoms with Crippen LogP contribution in [0.15, 0.2) is 42.6 Å². The lowest BCUT2D eigenvalue weighted by Crippen LogP contribution is -2.37. The van der Waals surface area contributed by atoms with Gasteiger partial charge in [-0.1, -0.05) is 12.1 Å². The molecule has 0 atom stereocenters. The molecule has 12 heteroatoms. The number of nitrogens with one attached hydrogen (secondary N) is 1. The van der Waals surface area contributed by atoms with Gasteiger partial charge in [-0.2, -0.15) is 13.2 Å². The molecule has 3 N–H and O–H groups in total. The van der Waals surface area contributed by atoms with Crippen molar-refractivity contribution >= 4 is 17.4 Å². The van der Waals surface area contributed by atoms with E-state index in [9.17, 15) is 18.0 Å².